The minimum atomic E-state index is -1.00. The molecule has 0 aliphatic carbocycles. The fourth-order valence-electron chi connectivity index (χ4n) is 3.32. The van der Waals surface area contributed by atoms with Crippen LogP contribution < -0.4 is 9.47 Å². The van der Waals surface area contributed by atoms with Gasteiger partial charge in [0.2, 0.25) is 0 Å². The fourth-order valence-corrected chi connectivity index (χ4v) is 3.32. The number of rotatable bonds is 8. The second-order valence-electron chi connectivity index (χ2n) is 6.31. The zero-order chi connectivity index (χ0) is 17.6. The molecule has 1 aliphatic rings. The predicted molar refractivity (Wildman–Crippen MR) is 90.5 cm³/mol. The first-order valence-electron chi connectivity index (χ1n) is 8.42. The number of aliphatic carboxylic acids is 1. The molecule has 6 heteroatoms. The summed E-state index contributed by atoms with van der Waals surface area (Å²) in [5.41, 5.74) is -1.00. The molecule has 134 valence electrons. The van der Waals surface area contributed by atoms with Gasteiger partial charge < -0.3 is 19.7 Å². The molecule has 0 unspecified atom stereocenters. The molecule has 0 aromatic heterocycles. The van der Waals surface area contributed by atoms with Gasteiger partial charge in [0, 0.05) is 19.2 Å². The molecule has 2 atom stereocenters. The molecule has 0 bridgehead atoms. The summed E-state index contributed by atoms with van der Waals surface area (Å²) in [7, 11) is 1.61. The monoisotopic (exact) mass is 337 g/mol. The summed E-state index contributed by atoms with van der Waals surface area (Å²) in [6.45, 7) is 4.11. The van der Waals surface area contributed by atoms with Gasteiger partial charge in [0.25, 0.3) is 0 Å². The van der Waals surface area contributed by atoms with E-state index in [1.807, 2.05) is 31.2 Å². The number of ether oxygens (including phenoxy) is 2. The highest BCUT2D eigenvalue weighted by atomic mass is 16.5. The van der Waals surface area contributed by atoms with Crippen molar-refractivity contribution >= 4 is 5.97 Å². The molecule has 1 saturated heterocycles. The largest absolute Gasteiger partial charge is 0.497 e. The first kappa shape index (κ1) is 18.5. The smallest absolute Gasteiger partial charge is 0.312 e. The van der Waals surface area contributed by atoms with Crippen LogP contribution in [0.25, 0.3) is 0 Å². The number of β-amino-alcohol motifs (C(OH)–C–C–N with tert-alkyl or cyclic N) is 1. The minimum absolute atomic E-state index is 0.369. The van der Waals surface area contributed by atoms with Gasteiger partial charge in [-0.15, -0.1) is 0 Å². The highest BCUT2D eigenvalue weighted by Gasteiger charge is 2.47. The maximum absolute atomic E-state index is 11.6. The van der Waals surface area contributed by atoms with Crippen molar-refractivity contribution in [3.63, 3.8) is 0 Å². The molecule has 1 aromatic carbocycles. The van der Waals surface area contributed by atoms with Crippen molar-refractivity contribution in [2.75, 3.05) is 33.4 Å². The average molecular weight is 337 g/mol. The summed E-state index contributed by atoms with van der Waals surface area (Å²) in [5, 5.41) is 19.9. The van der Waals surface area contributed by atoms with Crippen LogP contribution in [-0.4, -0.2) is 60.5 Å². The van der Waals surface area contributed by atoms with Crippen molar-refractivity contribution in [1.82, 2.24) is 4.90 Å². The normalized spacial score (nSPS) is 24.5. The van der Waals surface area contributed by atoms with Gasteiger partial charge >= 0.3 is 5.97 Å². The Bertz CT molecular complexity index is 550. The highest BCUT2D eigenvalue weighted by Crippen LogP contribution is 2.36. The van der Waals surface area contributed by atoms with Crippen LogP contribution in [0.4, 0.5) is 0 Å². The molecule has 1 aromatic rings. The van der Waals surface area contributed by atoms with Crippen LogP contribution in [0.3, 0.4) is 0 Å². The molecule has 6 nitrogen and oxygen atoms in total. The quantitative estimate of drug-likeness (QED) is 0.755. The Labute approximate surface area is 143 Å². The van der Waals surface area contributed by atoms with Crippen LogP contribution >= 0.6 is 0 Å². The lowest BCUT2D eigenvalue weighted by Crippen LogP contribution is -2.55. The predicted octanol–water partition coefficient (Wildman–Crippen LogP) is 2.01. The van der Waals surface area contributed by atoms with Crippen molar-refractivity contribution in [2.45, 2.75) is 32.3 Å². The Morgan fingerprint density at radius 1 is 1.42 bits per heavy atom. The third-order valence-electron chi connectivity index (χ3n) is 4.78. The van der Waals surface area contributed by atoms with E-state index in [-0.39, 0.29) is 0 Å². The Morgan fingerprint density at radius 3 is 2.79 bits per heavy atom. The lowest BCUT2D eigenvalue weighted by molar-refractivity contribution is -0.164. The molecule has 2 N–H and O–H groups in total. The SMILES string of the molecule is CCC[C@]1(C(=O)O)CCN(CCOc2cccc(OC)c2)C[C@@H]1O. The van der Waals surface area contributed by atoms with Gasteiger partial charge in [-0.3, -0.25) is 9.69 Å². The molecule has 24 heavy (non-hydrogen) atoms. The average Bonchev–Trinajstić information content (AvgIpc) is 2.57. The number of likely N-dealkylation sites (tertiary alicyclic amines) is 1. The maximum atomic E-state index is 11.6. The first-order chi connectivity index (χ1) is 11.5. The standard InChI is InChI=1S/C18H27NO5/c1-3-7-18(17(21)22)8-9-19(13-16(18)20)10-11-24-15-6-4-5-14(12-15)23-2/h4-6,12,16,20H,3,7-11,13H2,1-2H3,(H,21,22)/t16-,18-/m0/s1. The van der Waals surface area contributed by atoms with Gasteiger partial charge in [-0.2, -0.15) is 0 Å². The van der Waals surface area contributed by atoms with Crippen molar-refractivity contribution in [3.8, 4) is 11.5 Å². The Kier molecular flexibility index (Phi) is 6.45. The molecule has 0 spiro atoms. The summed E-state index contributed by atoms with van der Waals surface area (Å²) in [4.78, 5) is 13.7. The Balaban J connectivity index is 1.84. The van der Waals surface area contributed by atoms with Crippen LogP contribution in [0.1, 0.15) is 26.2 Å². The van der Waals surface area contributed by atoms with Gasteiger partial charge in [0.1, 0.15) is 18.1 Å². The minimum Gasteiger partial charge on any atom is -0.497 e. The van der Waals surface area contributed by atoms with E-state index in [1.54, 1.807) is 7.11 Å². The zero-order valence-electron chi connectivity index (χ0n) is 14.4. The van der Waals surface area contributed by atoms with Gasteiger partial charge in [-0.1, -0.05) is 19.4 Å². The Morgan fingerprint density at radius 2 is 2.17 bits per heavy atom. The molecule has 2 rings (SSSR count). The number of benzene rings is 1. The third-order valence-corrected chi connectivity index (χ3v) is 4.78. The van der Waals surface area contributed by atoms with Crippen LogP contribution in [0.15, 0.2) is 24.3 Å². The van der Waals surface area contributed by atoms with Crippen molar-refractivity contribution in [1.29, 1.82) is 0 Å². The number of nitrogens with zero attached hydrogens (tertiary/aromatic N) is 1. The molecule has 0 saturated carbocycles. The second-order valence-corrected chi connectivity index (χ2v) is 6.31. The number of hydrogen-bond acceptors (Lipinski definition) is 5. The number of carbonyl (C=O) groups is 1. The van der Waals surface area contributed by atoms with E-state index >= 15 is 0 Å². The molecule has 0 radical (unpaired) electrons. The molecule has 0 amide bonds. The summed E-state index contributed by atoms with van der Waals surface area (Å²) in [6.07, 6.45) is 0.886. The summed E-state index contributed by atoms with van der Waals surface area (Å²) in [6, 6.07) is 7.41. The van der Waals surface area contributed by atoms with E-state index in [4.69, 9.17) is 9.47 Å². The maximum Gasteiger partial charge on any atom is 0.312 e. The third kappa shape index (κ3) is 4.19. The number of hydrogen-bond donors (Lipinski definition) is 2. The lowest BCUT2D eigenvalue weighted by Gasteiger charge is -2.42. The molecule has 1 fully saturated rings. The van der Waals surface area contributed by atoms with Gasteiger partial charge in [0.15, 0.2) is 0 Å². The molecular formula is C18H27NO5. The number of aliphatic hydroxyl groups excluding tert-OH is 1. The summed E-state index contributed by atoms with van der Waals surface area (Å²) < 4.78 is 10.9. The number of methoxy groups -OCH3 is 1. The summed E-state index contributed by atoms with van der Waals surface area (Å²) in [5.74, 6) is 0.591. The first-order valence-corrected chi connectivity index (χ1v) is 8.42. The molecular weight excluding hydrogens is 310 g/mol. The topological polar surface area (TPSA) is 79.2 Å². The van der Waals surface area contributed by atoms with Crippen LogP contribution in [0.5, 0.6) is 11.5 Å². The van der Waals surface area contributed by atoms with Crippen molar-refractivity contribution < 1.29 is 24.5 Å². The van der Waals surface area contributed by atoms with Gasteiger partial charge in [0.05, 0.1) is 18.6 Å². The zero-order valence-corrected chi connectivity index (χ0v) is 14.4. The van der Waals surface area contributed by atoms with Crippen molar-refractivity contribution in [2.24, 2.45) is 5.41 Å². The van der Waals surface area contributed by atoms with Crippen LogP contribution in [0, 0.1) is 5.41 Å². The van der Waals surface area contributed by atoms with Gasteiger partial charge in [-0.25, -0.2) is 0 Å². The lowest BCUT2D eigenvalue weighted by atomic mass is 9.73. The van der Waals surface area contributed by atoms with E-state index in [2.05, 4.69) is 4.90 Å². The number of carboxylic acid groups (broad SMARTS) is 1. The van der Waals surface area contributed by atoms with Crippen LogP contribution in [-0.2, 0) is 4.79 Å². The second kappa shape index (κ2) is 8.35. The van der Waals surface area contributed by atoms with E-state index in [0.717, 1.165) is 17.9 Å². The number of carboxylic acids is 1. The Hall–Kier alpha value is -1.79. The van der Waals surface area contributed by atoms with Crippen LogP contribution in [0.2, 0.25) is 0 Å². The van der Waals surface area contributed by atoms with Gasteiger partial charge in [-0.05, 0) is 31.5 Å². The number of piperidine rings is 1. The highest BCUT2D eigenvalue weighted by molar-refractivity contribution is 5.75. The van der Waals surface area contributed by atoms with Crippen molar-refractivity contribution in [3.05, 3.63) is 24.3 Å². The summed E-state index contributed by atoms with van der Waals surface area (Å²) >= 11 is 0. The fraction of sp³-hybridized carbons (Fsp3) is 0.611. The molecule has 1 heterocycles. The number of aliphatic hydroxyl groups is 1. The van der Waals surface area contributed by atoms with E-state index < -0.39 is 17.5 Å². The molecule has 1 aliphatic heterocycles. The van der Waals surface area contributed by atoms with E-state index in [0.29, 0.717) is 39.1 Å². The van der Waals surface area contributed by atoms with E-state index in [1.165, 1.54) is 0 Å². The van der Waals surface area contributed by atoms with E-state index in [9.17, 15) is 15.0 Å².